The molecule has 96 valence electrons. The van der Waals surface area contributed by atoms with Crippen molar-refractivity contribution >= 4 is 10.0 Å². The van der Waals surface area contributed by atoms with Crippen molar-refractivity contribution in [3.05, 3.63) is 29.6 Å². The van der Waals surface area contributed by atoms with Gasteiger partial charge in [-0.1, -0.05) is 0 Å². The normalized spacial score (nSPS) is 13.7. The maximum atomic E-state index is 13.2. The Hall–Kier alpha value is -1.12. The number of hydrogen-bond acceptors (Lipinski definition) is 3. The summed E-state index contributed by atoms with van der Waals surface area (Å²) < 4.78 is 63.6. The Kier molecular flexibility index (Phi) is 4.12. The van der Waals surface area contributed by atoms with E-state index in [4.69, 9.17) is 5.11 Å². The molecule has 1 aromatic carbocycles. The van der Waals surface area contributed by atoms with E-state index in [-0.39, 0.29) is 12.1 Å². The number of benzene rings is 1. The predicted molar refractivity (Wildman–Crippen MR) is 53.2 cm³/mol. The van der Waals surface area contributed by atoms with E-state index >= 15 is 0 Å². The fourth-order valence-corrected chi connectivity index (χ4v) is 2.32. The van der Waals surface area contributed by atoms with Crippen LogP contribution in [-0.4, -0.2) is 26.2 Å². The summed E-state index contributed by atoms with van der Waals surface area (Å²) in [5, 5.41) is 8.87. The Morgan fingerprint density at radius 2 is 1.76 bits per heavy atom. The lowest BCUT2D eigenvalue weighted by Crippen LogP contribution is -2.31. The van der Waals surface area contributed by atoms with Crippen LogP contribution in [0.15, 0.2) is 17.0 Å². The van der Waals surface area contributed by atoms with Crippen LogP contribution in [0.4, 0.5) is 13.2 Å². The minimum atomic E-state index is -4.46. The molecule has 0 saturated carbocycles. The fourth-order valence-electron chi connectivity index (χ4n) is 1.09. The number of nitrogens with one attached hydrogen (secondary N) is 1. The molecule has 0 fully saturated rings. The highest BCUT2D eigenvalue weighted by Gasteiger charge is 2.25. The molecule has 0 aliphatic rings. The topological polar surface area (TPSA) is 66.4 Å². The predicted octanol–water partition coefficient (Wildman–Crippen LogP) is 0.763. The third-order valence-corrected chi connectivity index (χ3v) is 3.27. The first-order valence-corrected chi connectivity index (χ1v) is 6.04. The van der Waals surface area contributed by atoms with Gasteiger partial charge in [0.2, 0.25) is 10.0 Å². The molecule has 1 rings (SSSR count). The largest absolute Gasteiger partial charge is 0.392 e. The summed E-state index contributed by atoms with van der Waals surface area (Å²) >= 11 is 0. The van der Waals surface area contributed by atoms with Crippen molar-refractivity contribution in [1.29, 1.82) is 0 Å². The number of sulfonamides is 1. The van der Waals surface area contributed by atoms with Crippen LogP contribution in [-0.2, 0) is 10.0 Å². The van der Waals surface area contributed by atoms with Gasteiger partial charge in [-0.3, -0.25) is 0 Å². The van der Waals surface area contributed by atoms with Crippen LogP contribution < -0.4 is 4.72 Å². The second kappa shape index (κ2) is 5.03. The van der Waals surface area contributed by atoms with Crippen molar-refractivity contribution in [2.24, 2.45) is 0 Å². The van der Waals surface area contributed by atoms with Gasteiger partial charge in [-0.25, -0.2) is 26.3 Å². The number of aliphatic hydroxyl groups is 1. The maximum absolute atomic E-state index is 13.2. The highest BCUT2D eigenvalue weighted by atomic mass is 32.2. The van der Waals surface area contributed by atoms with Gasteiger partial charge in [0.1, 0.15) is 17.5 Å². The molecule has 0 aliphatic heterocycles. The molecule has 2 N–H and O–H groups in total. The summed E-state index contributed by atoms with van der Waals surface area (Å²) in [7, 11) is -4.46. The van der Waals surface area contributed by atoms with E-state index in [2.05, 4.69) is 0 Å². The Labute approximate surface area is 96.1 Å². The summed E-state index contributed by atoms with van der Waals surface area (Å²) in [6.07, 6.45) is -1.02. The first-order chi connectivity index (χ1) is 7.74. The van der Waals surface area contributed by atoms with Gasteiger partial charge in [0.15, 0.2) is 4.90 Å². The van der Waals surface area contributed by atoms with Crippen LogP contribution in [0.25, 0.3) is 0 Å². The second-order valence-corrected chi connectivity index (χ2v) is 5.10. The lowest BCUT2D eigenvalue weighted by atomic mass is 10.3. The fraction of sp³-hybridized carbons (Fsp3) is 0.333. The van der Waals surface area contributed by atoms with E-state index in [0.29, 0.717) is 0 Å². The Morgan fingerprint density at radius 3 is 2.18 bits per heavy atom. The molecule has 0 saturated heterocycles. The monoisotopic (exact) mass is 269 g/mol. The molecule has 0 amide bonds. The van der Waals surface area contributed by atoms with Crippen molar-refractivity contribution in [2.75, 3.05) is 6.54 Å². The van der Waals surface area contributed by atoms with E-state index in [1.807, 2.05) is 0 Å². The first kappa shape index (κ1) is 13.9. The van der Waals surface area contributed by atoms with E-state index in [1.54, 1.807) is 4.72 Å². The molecule has 0 aliphatic carbocycles. The molecular weight excluding hydrogens is 259 g/mol. The molecule has 0 heterocycles. The van der Waals surface area contributed by atoms with Gasteiger partial charge in [-0.15, -0.1) is 0 Å². The lowest BCUT2D eigenvalue weighted by molar-refractivity contribution is 0.198. The zero-order chi connectivity index (χ0) is 13.2. The van der Waals surface area contributed by atoms with Gasteiger partial charge in [0.05, 0.1) is 6.10 Å². The third kappa shape index (κ3) is 3.42. The summed E-state index contributed by atoms with van der Waals surface area (Å²) in [5.74, 6) is -4.27. The molecule has 1 unspecified atom stereocenters. The van der Waals surface area contributed by atoms with E-state index in [0.717, 1.165) is 0 Å². The number of rotatable bonds is 4. The first-order valence-electron chi connectivity index (χ1n) is 4.56. The minimum absolute atomic E-state index is 0.264. The molecule has 0 aromatic heterocycles. The highest BCUT2D eigenvalue weighted by molar-refractivity contribution is 7.89. The Morgan fingerprint density at radius 1 is 1.29 bits per heavy atom. The van der Waals surface area contributed by atoms with Gasteiger partial charge in [-0.05, 0) is 6.92 Å². The molecule has 1 aromatic rings. The molecule has 8 heteroatoms. The average molecular weight is 269 g/mol. The molecule has 0 bridgehead atoms. The highest BCUT2D eigenvalue weighted by Crippen LogP contribution is 2.19. The van der Waals surface area contributed by atoms with E-state index in [1.165, 1.54) is 6.92 Å². The van der Waals surface area contributed by atoms with Gasteiger partial charge in [0.25, 0.3) is 0 Å². The zero-order valence-electron chi connectivity index (χ0n) is 8.75. The zero-order valence-corrected chi connectivity index (χ0v) is 9.56. The lowest BCUT2D eigenvalue weighted by Gasteiger charge is -2.09. The third-order valence-electron chi connectivity index (χ3n) is 1.80. The van der Waals surface area contributed by atoms with Gasteiger partial charge >= 0.3 is 0 Å². The molecule has 1 atom stereocenters. The number of halogens is 3. The van der Waals surface area contributed by atoms with Crippen LogP contribution in [0.3, 0.4) is 0 Å². The summed E-state index contributed by atoms with van der Waals surface area (Å²) in [6.45, 7) is 0.887. The van der Waals surface area contributed by atoms with Crippen molar-refractivity contribution in [2.45, 2.75) is 17.9 Å². The second-order valence-electron chi connectivity index (χ2n) is 3.40. The molecule has 0 spiro atoms. The van der Waals surface area contributed by atoms with Gasteiger partial charge < -0.3 is 5.11 Å². The Bertz CT molecular complexity index is 493. The standard InChI is InChI=1S/C9H10F3NO3S/c1-5(14)4-13-17(15,16)9-7(11)2-6(10)3-8(9)12/h2-3,5,13-14H,4H2,1H3. The quantitative estimate of drug-likeness (QED) is 0.848. The summed E-state index contributed by atoms with van der Waals surface area (Å²) in [5.41, 5.74) is 0. The smallest absolute Gasteiger partial charge is 0.246 e. The van der Waals surface area contributed by atoms with Crippen molar-refractivity contribution in [3.8, 4) is 0 Å². The molecule has 0 radical (unpaired) electrons. The maximum Gasteiger partial charge on any atom is 0.246 e. The van der Waals surface area contributed by atoms with E-state index in [9.17, 15) is 21.6 Å². The van der Waals surface area contributed by atoms with Crippen LogP contribution in [0.2, 0.25) is 0 Å². The van der Waals surface area contributed by atoms with Crippen LogP contribution in [0.5, 0.6) is 0 Å². The van der Waals surface area contributed by atoms with Gasteiger partial charge in [-0.2, -0.15) is 0 Å². The summed E-state index contributed by atoms with van der Waals surface area (Å²) in [4.78, 5) is -1.26. The molecule has 17 heavy (non-hydrogen) atoms. The van der Waals surface area contributed by atoms with Crippen molar-refractivity contribution in [1.82, 2.24) is 4.72 Å². The van der Waals surface area contributed by atoms with E-state index < -0.39 is 45.0 Å². The van der Waals surface area contributed by atoms with Crippen LogP contribution >= 0.6 is 0 Å². The number of hydrogen-bond donors (Lipinski definition) is 2. The average Bonchev–Trinajstić information content (AvgIpc) is 2.12. The minimum Gasteiger partial charge on any atom is -0.392 e. The SMILES string of the molecule is CC(O)CNS(=O)(=O)c1c(F)cc(F)cc1F. The van der Waals surface area contributed by atoms with Crippen LogP contribution in [0.1, 0.15) is 6.92 Å². The van der Waals surface area contributed by atoms with Crippen molar-refractivity contribution in [3.63, 3.8) is 0 Å². The molecule has 4 nitrogen and oxygen atoms in total. The Balaban J connectivity index is 3.16. The number of aliphatic hydroxyl groups excluding tert-OH is 1. The molecular formula is C9H10F3NO3S. The van der Waals surface area contributed by atoms with Crippen molar-refractivity contribution < 1.29 is 26.7 Å². The van der Waals surface area contributed by atoms with Gasteiger partial charge in [0, 0.05) is 18.7 Å². The van der Waals surface area contributed by atoms with Crippen LogP contribution in [0, 0.1) is 17.5 Å². The summed E-state index contributed by atoms with van der Waals surface area (Å²) in [6, 6.07) is 0.528.